The van der Waals surface area contributed by atoms with Gasteiger partial charge in [-0.3, -0.25) is 4.90 Å². The largest absolute Gasteiger partial charge is 0.368 e. The van der Waals surface area contributed by atoms with Crippen LogP contribution in [0.1, 0.15) is 45.2 Å². The smallest absolute Gasteiger partial charge is 0.0991 e. The number of hydrogen-bond acceptors (Lipinski definition) is 3. The van der Waals surface area contributed by atoms with E-state index < -0.39 is 0 Å². The summed E-state index contributed by atoms with van der Waals surface area (Å²) >= 11 is 0. The molecule has 0 radical (unpaired) electrons. The van der Waals surface area contributed by atoms with Gasteiger partial charge in [0.15, 0.2) is 0 Å². The fourth-order valence-electron chi connectivity index (χ4n) is 3.36. The number of nitrogens with zero attached hydrogens (tertiary/aromatic N) is 2. The maximum atomic E-state index is 8.98. The van der Waals surface area contributed by atoms with E-state index in [-0.39, 0.29) is 11.2 Å². The van der Waals surface area contributed by atoms with Gasteiger partial charge in [0.05, 0.1) is 22.8 Å². The number of likely N-dealkylation sites (N-methyl/N-ethyl adjacent to an activating group) is 1. The second kappa shape index (κ2) is 5.20. The van der Waals surface area contributed by atoms with Gasteiger partial charge < -0.3 is 4.74 Å². The van der Waals surface area contributed by atoms with Crippen molar-refractivity contribution in [3.8, 4) is 6.07 Å². The van der Waals surface area contributed by atoms with E-state index in [2.05, 4.69) is 51.8 Å². The molecule has 0 amide bonds. The van der Waals surface area contributed by atoms with Crippen LogP contribution >= 0.6 is 0 Å². The second-order valence-corrected chi connectivity index (χ2v) is 6.91. The van der Waals surface area contributed by atoms with Gasteiger partial charge >= 0.3 is 0 Å². The predicted molar refractivity (Wildman–Crippen MR) is 80.3 cm³/mol. The van der Waals surface area contributed by atoms with Crippen LogP contribution < -0.4 is 0 Å². The fraction of sp³-hybridized carbons (Fsp3) is 0.588. The molecule has 3 nitrogen and oxygen atoms in total. The molecular formula is C17H24N2O. The van der Waals surface area contributed by atoms with E-state index in [0.717, 1.165) is 18.5 Å². The Labute approximate surface area is 122 Å². The molecule has 1 aliphatic heterocycles. The first-order valence-corrected chi connectivity index (χ1v) is 7.13. The lowest BCUT2D eigenvalue weighted by Gasteiger charge is -2.33. The summed E-state index contributed by atoms with van der Waals surface area (Å²) in [5.74, 6) is 0. The number of hydrogen-bond donors (Lipinski definition) is 0. The second-order valence-electron chi connectivity index (χ2n) is 6.91. The molecule has 1 fully saturated rings. The highest BCUT2D eigenvalue weighted by atomic mass is 16.5. The van der Waals surface area contributed by atoms with E-state index in [0.29, 0.717) is 6.04 Å². The number of nitriles is 1. The highest BCUT2D eigenvalue weighted by molar-refractivity contribution is 5.32. The highest BCUT2D eigenvalue weighted by Gasteiger charge is 2.47. The Bertz CT molecular complexity index is 528. The Balaban J connectivity index is 2.12. The van der Waals surface area contributed by atoms with Gasteiger partial charge in [-0.15, -0.1) is 0 Å². The van der Waals surface area contributed by atoms with Gasteiger partial charge in [0.1, 0.15) is 0 Å². The molecule has 0 saturated carbocycles. The lowest BCUT2D eigenvalue weighted by molar-refractivity contribution is -0.0791. The van der Waals surface area contributed by atoms with Gasteiger partial charge in [-0.25, -0.2) is 0 Å². The third-order valence-corrected chi connectivity index (χ3v) is 4.05. The average molecular weight is 272 g/mol. The van der Waals surface area contributed by atoms with Crippen LogP contribution in [-0.4, -0.2) is 29.2 Å². The zero-order chi connectivity index (χ0) is 15.0. The van der Waals surface area contributed by atoms with Crippen molar-refractivity contribution in [1.29, 1.82) is 5.26 Å². The summed E-state index contributed by atoms with van der Waals surface area (Å²) in [7, 11) is 2.14. The van der Waals surface area contributed by atoms with Gasteiger partial charge in [0.25, 0.3) is 0 Å². The maximum Gasteiger partial charge on any atom is 0.0991 e. The Morgan fingerprint density at radius 1 is 1.35 bits per heavy atom. The molecule has 108 valence electrons. The fourth-order valence-corrected chi connectivity index (χ4v) is 3.36. The van der Waals surface area contributed by atoms with Crippen molar-refractivity contribution in [3.05, 3.63) is 35.4 Å². The van der Waals surface area contributed by atoms with Crippen molar-refractivity contribution in [3.63, 3.8) is 0 Å². The molecule has 0 aliphatic carbocycles. The summed E-state index contributed by atoms with van der Waals surface area (Å²) in [5.41, 5.74) is 1.67. The lowest BCUT2D eigenvalue weighted by atomic mass is 9.93. The van der Waals surface area contributed by atoms with Crippen LogP contribution in [0.2, 0.25) is 0 Å². The van der Waals surface area contributed by atoms with Crippen LogP contribution in [-0.2, 0) is 11.3 Å². The zero-order valence-electron chi connectivity index (χ0n) is 13.1. The van der Waals surface area contributed by atoms with E-state index >= 15 is 0 Å². The van der Waals surface area contributed by atoms with E-state index in [1.807, 2.05) is 18.2 Å². The molecule has 20 heavy (non-hydrogen) atoms. The van der Waals surface area contributed by atoms with Crippen molar-refractivity contribution in [2.75, 3.05) is 7.05 Å². The molecule has 0 N–H and O–H groups in total. The van der Waals surface area contributed by atoms with E-state index in [9.17, 15) is 0 Å². The summed E-state index contributed by atoms with van der Waals surface area (Å²) in [5, 5.41) is 8.98. The SMILES string of the molecule is CN(Cc1cccc(C#N)c1)C1CC(C)(C)OC1(C)C. The first kappa shape index (κ1) is 15.0. The standard InChI is InChI=1S/C17H24N2O/c1-16(2)10-15(17(3,4)20-16)19(5)12-14-8-6-7-13(9-14)11-18/h6-9,15H,10,12H2,1-5H3. The molecule has 2 rings (SSSR count). The highest BCUT2D eigenvalue weighted by Crippen LogP contribution is 2.40. The molecular weight excluding hydrogens is 248 g/mol. The van der Waals surface area contributed by atoms with Crippen molar-refractivity contribution in [1.82, 2.24) is 4.90 Å². The number of rotatable bonds is 3. The maximum absolute atomic E-state index is 8.98. The molecule has 0 aromatic heterocycles. The van der Waals surface area contributed by atoms with Crippen LogP contribution in [0.4, 0.5) is 0 Å². The monoisotopic (exact) mass is 272 g/mol. The van der Waals surface area contributed by atoms with Crippen LogP contribution in [0.15, 0.2) is 24.3 Å². The Morgan fingerprint density at radius 3 is 2.60 bits per heavy atom. The third kappa shape index (κ3) is 3.20. The van der Waals surface area contributed by atoms with Crippen molar-refractivity contribution >= 4 is 0 Å². The topological polar surface area (TPSA) is 36.3 Å². The molecule has 1 aromatic rings. The van der Waals surface area contributed by atoms with Crippen LogP contribution in [0.25, 0.3) is 0 Å². The summed E-state index contributed by atoms with van der Waals surface area (Å²) < 4.78 is 6.16. The molecule has 1 heterocycles. The zero-order valence-corrected chi connectivity index (χ0v) is 13.1. The summed E-state index contributed by atoms with van der Waals surface area (Å²) in [6.07, 6.45) is 1.02. The van der Waals surface area contributed by atoms with Gasteiger partial charge in [-0.2, -0.15) is 5.26 Å². The number of benzene rings is 1. The van der Waals surface area contributed by atoms with Crippen LogP contribution in [0.3, 0.4) is 0 Å². The summed E-state index contributed by atoms with van der Waals surface area (Å²) in [4.78, 5) is 2.34. The summed E-state index contributed by atoms with van der Waals surface area (Å²) in [6, 6.07) is 10.4. The van der Waals surface area contributed by atoms with E-state index in [1.54, 1.807) is 0 Å². The normalized spacial score (nSPS) is 23.8. The molecule has 1 saturated heterocycles. The van der Waals surface area contributed by atoms with Crippen LogP contribution in [0.5, 0.6) is 0 Å². The molecule has 1 aliphatic rings. The van der Waals surface area contributed by atoms with Crippen molar-refractivity contribution in [2.45, 2.75) is 57.9 Å². The molecule has 1 aromatic carbocycles. The number of ether oxygens (including phenoxy) is 1. The first-order chi connectivity index (χ1) is 9.23. The van der Waals surface area contributed by atoms with Crippen molar-refractivity contribution < 1.29 is 4.74 Å². The van der Waals surface area contributed by atoms with Gasteiger partial charge in [-0.05, 0) is 58.9 Å². The quantitative estimate of drug-likeness (QED) is 0.846. The Morgan fingerprint density at radius 2 is 2.05 bits per heavy atom. The minimum atomic E-state index is -0.148. The van der Waals surface area contributed by atoms with Gasteiger partial charge in [-0.1, -0.05) is 12.1 Å². The molecule has 1 atom stereocenters. The minimum absolute atomic E-state index is 0.0725. The molecule has 0 spiro atoms. The first-order valence-electron chi connectivity index (χ1n) is 7.13. The van der Waals surface area contributed by atoms with Gasteiger partial charge in [0, 0.05) is 12.6 Å². The Kier molecular flexibility index (Phi) is 3.90. The van der Waals surface area contributed by atoms with Crippen LogP contribution in [0, 0.1) is 11.3 Å². The average Bonchev–Trinajstić information content (AvgIpc) is 2.57. The van der Waals surface area contributed by atoms with E-state index in [1.165, 1.54) is 5.56 Å². The molecule has 0 bridgehead atoms. The minimum Gasteiger partial charge on any atom is -0.368 e. The summed E-state index contributed by atoms with van der Waals surface area (Å²) in [6.45, 7) is 9.46. The molecule has 3 heteroatoms. The third-order valence-electron chi connectivity index (χ3n) is 4.05. The molecule has 1 unspecified atom stereocenters. The van der Waals surface area contributed by atoms with Crippen molar-refractivity contribution in [2.24, 2.45) is 0 Å². The van der Waals surface area contributed by atoms with Gasteiger partial charge in [0.2, 0.25) is 0 Å². The Hall–Kier alpha value is -1.37. The lowest BCUT2D eigenvalue weighted by Crippen LogP contribution is -2.44. The predicted octanol–water partition coefficient (Wildman–Crippen LogP) is 3.34. The van der Waals surface area contributed by atoms with E-state index in [4.69, 9.17) is 10.00 Å².